The lowest BCUT2D eigenvalue weighted by molar-refractivity contribution is -0.124. The van der Waals surface area contributed by atoms with Crippen LogP contribution in [0.15, 0.2) is 24.3 Å². The Balaban J connectivity index is 1.67. The first-order chi connectivity index (χ1) is 13.0. The summed E-state index contributed by atoms with van der Waals surface area (Å²) in [7, 11) is -1.57. The van der Waals surface area contributed by atoms with Crippen LogP contribution in [-0.2, 0) is 14.6 Å². The van der Waals surface area contributed by atoms with Crippen LogP contribution in [-0.4, -0.2) is 62.5 Å². The van der Waals surface area contributed by atoms with Crippen LogP contribution in [0.3, 0.4) is 0 Å². The molecule has 2 heterocycles. The van der Waals surface area contributed by atoms with Gasteiger partial charge >= 0.3 is 0 Å². The molecule has 27 heavy (non-hydrogen) atoms. The van der Waals surface area contributed by atoms with Gasteiger partial charge in [-0.25, -0.2) is 8.42 Å². The minimum absolute atomic E-state index is 0.00847. The lowest BCUT2D eigenvalue weighted by atomic mass is 9.97. The SMILES string of the molecule is COc1cccc(N2C(=O)CN(C3CCCCCC3)[C@@H]3CS(=O)(=O)C[C@H]32)c1. The van der Waals surface area contributed by atoms with E-state index >= 15 is 0 Å². The third kappa shape index (κ3) is 3.72. The topological polar surface area (TPSA) is 66.9 Å². The van der Waals surface area contributed by atoms with Gasteiger partial charge in [0.1, 0.15) is 5.75 Å². The normalized spacial score (nSPS) is 29.4. The van der Waals surface area contributed by atoms with Crippen molar-refractivity contribution in [3.05, 3.63) is 24.3 Å². The van der Waals surface area contributed by atoms with Gasteiger partial charge in [0, 0.05) is 23.8 Å². The number of rotatable bonds is 3. The number of amides is 1. The number of sulfone groups is 1. The molecule has 2 atom stereocenters. The van der Waals surface area contributed by atoms with E-state index in [0.29, 0.717) is 18.3 Å². The van der Waals surface area contributed by atoms with Crippen LogP contribution in [0.5, 0.6) is 5.75 Å². The number of fused-ring (bicyclic) bond motifs is 1. The third-order valence-electron chi connectivity index (χ3n) is 6.26. The lowest BCUT2D eigenvalue weighted by Gasteiger charge is -2.46. The van der Waals surface area contributed by atoms with Crippen LogP contribution in [0.25, 0.3) is 0 Å². The van der Waals surface area contributed by atoms with E-state index in [1.165, 1.54) is 25.7 Å². The molecule has 4 rings (SSSR count). The predicted molar refractivity (Wildman–Crippen MR) is 105 cm³/mol. The van der Waals surface area contributed by atoms with Crippen LogP contribution in [0.1, 0.15) is 38.5 Å². The fourth-order valence-electron chi connectivity index (χ4n) is 4.99. The minimum atomic E-state index is -3.16. The highest BCUT2D eigenvalue weighted by Crippen LogP contribution is 2.36. The number of ether oxygens (including phenoxy) is 1. The van der Waals surface area contributed by atoms with Crippen molar-refractivity contribution in [3.63, 3.8) is 0 Å². The number of carbonyl (C=O) groups excluding carboxylic acids is 1. The van der Waals surface area contributed by atoms with E-state index in [9.17, 15) is 13.2 Å². The largest absolute Gasteiger partial charge is 0.497 e. The molecule has 3 fully saturated rings. The molecular weight excluding hydrogens is 364 g/mol. The van der Waals surface area contributed by atoms with E-state index < -0.39 is 9.84 Å². The van der Waals surface area contributed by atoms with E-state index in [4.69, 9.17) is 4.74 Å². The van der Waals surface area contributed by atoms with E-state index in [2.05, 4.69) is 4.90 Å². The summed E-state index contributed by atoms with van der Waals surface area (Å²) in [5, 5.41) is 0. The van der Waals surface area contributed by atoms with Crippen molar-refractivity contribution in [1.29, 1.82) is 0 Å². The second kappa shape index (κ2) is 7.43. The molecule has 6 nitrogen and oxygen atoms in total. The molecule has 0 unspecified atom stereocenters. The number of nitrogens with zero attached hydrogens (tertiary/aromatic N) is 2. The number of benzene rings is 1. The van der Waals surface area contributed by atoms with Crippen molar-refractivity contribution >= 4 is 21.4 Å². The Morgan fingerprint density at radius 1 is 1.04 bits per heavy atom. The summed E-state index contributed by atoms with van der Waals surface area (Å²) in [6.07, 6.45) is 6.94. The first-order valence-electron chi connectivity index (χ1n) is 9.91. The van der Waals surface area contributed by atoms with Gasteiger partial charge in [-0.15, -0.1) is 0 Å². The van der Waals surface area contributed by atoms with E-state index in [0.717, 1.165) is 18.5 Å². The molecule has 2 aliphatic heterocycles. The standard InChI is InChI=1S/C20H28N2O4S/c1-26-17-10-6-9-16(11-17)22-19-14-27(24,25)13-18(19)21(12-20(22)23)15-7-4-2-3-5-8-15/h6,9-11,15,18-19H,2-5,7-8,12-14H2,1H3/t18-,19-/m1/s1. The Bertz CT molecular complexity index is 802. The highest BCUT2D eigenvalue weighted by Gasteiger charge is 2.51. The predicted octanol–water partition coefficient (Wildman–Crippen LogP) is 2.23. The lowest BCUT2D eigenvalue weighted by Crippen LogP contribution is -2.64. The van der Waals surface area contributed by atoms with Gasteiger partial charge in [-0.2, -0.15) is 0 Å². The number of anilines is 1. The zero-order valence-corrected chi connectivity index (χ0v) is 16.7. The monoisotopic (exact) mass is 392 g/mol. The molecule has 7 heteroatoms. The van der Waals surface area contributed by atoms with Crippen molar-refractivity contribution in [2.45, 2.75) is 56.7 Å². The summed E-state index contributed by atoms with van der Waals surface area (Å²) in [5.74, 6) is 0.862. The summed E-state index contributed by atoms with van der Waals surface area (Å²) < 4.78 is 30.3. The second-order valence-corrected chi connectivity index (χ2v) is 10.1. The van der Waals surface area contributed by atoms with Gasteiger partial charge in [-0.05, 0) is 25.0 Å². The molecule has 1 saturated carbocycles. The molecule has 1 aromatic carbocycles. The molecule has 148 valence electrons. The van der Waals surface area contributed by atoms with Gasteiger partial charge < -0.3 is 9.64 Å². The maximum atomic E-state index is 13.1. The smallest absolute Gasteiger partial charge is 0.241 e. The van der Waals surface area contributed by atoms with E-state index in [-0.39, 0.29) is 29.5 Å². The highest BCUT2D eigenvalue weighted by molar-refractivity contribution is 7.91. The molecule has 0 spiro atoms. The number of methoxy groups -OCH3 is 1. The van der Waals surface area contributed by atoms with Gasteiger partial charge in [0.05, 0.1) is 31.2 Å². The Morgan fingerprint density at radius 2 is 1.74 bits per heavy atom. The fraction of sp³-hybridized carbons (Fsp3) is 0.650. The van der Waals surface area contributed by atoms with Crippen molar-refractivity contribution in [2.75, 3.05) is 30.1 Å². The van der Waals surface area contributed by atoms with Crippen LogP contribution >= 0.6 is 0 Å². The van der Waals surface area contributed by atoms with Crippen LogP contribution in [0.2, 0.25) is 0 Å². The summed E-state index contributed by atoms with van der Waals surface area (Å²) in [6.45, 7) is 0.304. The Labute approximate surface area is 161 Å². The van der Waals surface area contributed by atoms with Gasteiger partial charge in [0.25, 0.3) is 0 Å². The number of carbonyl (C=O) groups is 1. The average molecular weight is 393 g/mol. The Kier molecular flexibility index (Phi) is 5.16. The zero-order chi connectivity index (χ0) is 19.0. The highest BCUT2D eigenvalue weighted by atomic mass is 32.2. The van der Waals surface area contributed by atoms with Crippen LogP contribution in [0, 0.1) is 0 Å². The molecule has 2 saturated heterocycles. The van der Waals surface area contributed by atoms with Gasteiger partial charge in [-0.1, -0.05) is 31.7 Å². The molecule has 1 aliphatic carbocycles. The third-order valence-corrected chi connectivity index (χ3v) is 7.96. The maximum absolute atomic E-state index is 13.1. The molecule has 0 aromatic heterocycles. The fourth-order valence-corrected chi connectivity index (χ4v) is 6.96. The van der Waals surface area contributed by atoms with Crippen LogP contribution < -0.4 is 9.64 Å². The summed E-state index contributed by atoms with van der Waals surface area (Å²) in [5.41, 5.74) is 0.729. The summed E-state index contributed by atoms with van der Waals surface area (Å²) in [6, 6.07) is 7.26. The van der Waals surface area contributed by atoms with Crippen LogP contribution in [0.4, 0.5) is 5.69 Å². The number of hydrogen-bond acceptors (Lipinski definition) is 5. The molecule has 1 aromatic rings. The maximum Gasteiger partial charge on any atom is 0.241 e. The molecule has 0 radical (unpaired) electrons. The van der Waals surface area contributed by atoms with Gasteiger partial charge in [0.15, 0.2) is 9.84 Å². The second-order valence-electron chi connectivity index (χ2n) is 7.99. The van der Waals surface area contributed by atoms with Crippen molar-refractivity contribution in [2.24, 2.45) is 0 Å². The van der Waals surface area contributed by atoms with E-state index in [1.807, 2.05) is 24.3 Å². The van der Waals surface area contributed by atoms with Gasteiger partial charge in [0.2, 0.25) is 5.91 Å². The molecular formula is C20H28N2O4S. The first-order valence-corrected chi connectivity index (χ1v) is 11.7. The summed E-state index contributed by atoms with van der Waals surface area (Å²) >= 11 is 0. The Hall–Kier alpha value is -1.60. The molecule has 0 N–H and O–H groups in total. The van der Waals surface area contributed by atoms with Crippen molar-refractivity contribution in [1.82, 2.24) is 4.90 Å². The molecule has 0 bridgehead atoms. The van der Waals surface area contributed by atoms with E-state index in [1.54, 1.807) is 12.0 Å². The first kappa shape index (κ1) is 18.7. The van der Waals surface area contributed by atoms with Gasteiger partial charge in [-0.3, -0.25) is 9.69 Å². The average Bonchev–Trinajstić information content (AvgIpc) is 2.82. The molecule has 1 amide bonds. The quantitative estimate of drug-likeness (QED) is 0.738. The van der Waals surface area contributed by atoms with Crippen molar-refractivity contribution in [3.8, 4) is 5.75 Å². The summed E-state index contributed by atoms with van der Waals surface area (Å²) in [4.78, 5) is 17.1. The minimum Gasteiger partial charge on any atom is -0.497 e. The van der Waals surface area contributed by atoms with Crippen molar-refractivity contribution < 1.29 is 17.9 Å². The number of piperazine rings is 1. The zero-order valence-electron chi connectivity index (χ0n) is 15.8. The molecule has 3 aliphatic rings. The number of hydrogen-bond donors (Lipinski definition) is 0. The Morgan fingerprint density at radius 3 is 2.44 bits per heavy atom.